The maximum absolute atomic E-state index is 13.1. The highest BCUT2D eigenvalue weighted by Crippen LogP contribution is 2.13. The number of amides is 3. The third kappa shape index (κ3) is 10.4. The molecule has 1 aromatic carbocycles. The van der Waals surface area contributed by atoms with Crippen LogP contribution in [0.5, 0.6) is 5.75 Å². The Bertz CT molecular complexity index is 855. The van der Waals surface area contributed by atoms with E-state index in [0.717, 1.165) is 0 Å². The summed E-state index contributed by atoms with van der Waals surface area (Å²) in [5.74, 6) is -2.67. The minimum Gasteiger partial charge on any atom is -0.508 e. The zero-order valence-corrected chi connectivity index (χ0v) is 21.9. The van der Waals surface area contributed by atoms with Gasteiger partial charge in [0.25, 0.3) is 0 Å². The van der Waals surface area contributed by atoms with Gasteiger partial charge in [-0.05, 0) is 42.0 Å². The van der Waals surface area contributed by atoms with E-state index in [-0.39, 0.29) is 23.8 Å². The molecule has 1 rings (SSSR count). The van der Waals surface area contributed by atoms with Crippen molar-refractivity contribution >= 4 is 48.1 Å². The van der Waals surface area contributed by atoms with Gasteiger partial charge in [-0.25, -0.2) is 4.79 Å². The molecule has 0 aromatic heterocycles. The van der Waals surface area contributed by atoms with Crippen molar-refractivity contribution in [1.82, 2.24) is 16.0 Å². The van der Waals surface area contributed by atoms with E-state index in [1.54, 1.807) is 30.8 Å². The summed E-state index contributed by atoms with van der Waals surface area (Å²) in [6.07, 6.45) is 2.89. The van der Waals surface area contributed by atoms with Gasteiger partial charge in [0, 0.05) is 12.2 Å². The van der Waals surface area contributed by atoms with E-state index >= 15 is 0 Å². The maximum Gasteiger partial charge on any atom is 0.326 e. The van der Waals surface area contributed by atoms with Gasteiger partial charge in [-0.3, -0.25) is 14.4 Å². The van der Waals surface area contributed by atoms with Crippen LogP contribution in [0, 0.1) is 5.92 Å². The molecule has 0 saturated heterocycles. The van der Waals surface area contributed by atoms with E-state index in [1.165, 1.54) is 12.1 Å². The lowest BCUT2D eigenvalue weighted by Gasteiger charge is -2.26. The lowest BCUT2D eigenvalue weighted by molar-refractivity contribution is -0.143. The Kier molecular flexibility index (Phi) is 13.6. The number of hydrogen-bond donors (Lipinski definition) is 7. The summed E-state index contributed by atoms with van der Waals surface area (Å²) in [6.45, 7) is 3.52. The summed E-state index contributed by atoms with van der Waals surface area (Å²) in [5.41, 5.74) is 6.50. The fourth-order valence-corrected chi connectivity index (χ4v) is 3.88. The van der Waals surface area contributed by atoms with E-state index in [0.29, 0.717) is 24.2 Å². The van der Waals surface area contributed by atoms with Crippen molar-refractivity contribution in [2.75, 3.05) is 17.8 Å². The number of carboxylic acids is 1. The monoisotopic (exact) mass is 528 g/mol. The molecule has 5 atom stereocenters. The third-order valence-corrected chi connectivity index (χ3v) is 6.58. The molecule has 0 spiro atoms. The van der Waals surface area contributed by atoms with Crippen molar-refractivity contribution < 1.29 is 29.4 Å². The summed E-state index contributed by atoms with van der Waals surface area (Å²) in [4.78, 5) is 50.1. The Morgan fingerprint density at radius 2 is 1.60 bits per heavy atom. The van der Waals surface area contributed by atoms with Gasteiger partial charge >= 0.3 is 5.97 Å². The Labute approximate surface area is 215 Å². The second-order valence-corrected chi connectivity index (χ2v) is 9.62. The van der Waals surface area contributed by atoms with E-state index in [4.69, 9.17) is 5.73 Å². The van der Waals surface area contributed by atoms with Crippen LogP contribution in [-0.2, 0) is 25.6 Å². The molecular weight excluding hydrogens is 492 g/mol. The van der Waals surface area contributed by atoms with Crippen molar-refractivity contribution in [1.29, 1.82) is 0 Å². The van der Waals surface area contributed by atoms with Crippen LogP contribution >= 0.6 is 24.4 Å². The van der Waals surface area contributed by atoms with Crippen molar-refractivity contribution in [2.24, 2.45) is 11.7 Å². The highest BCUT2D eigenvalue weighted by molar-refractivity contribution is 7.98. The van der Waals surface area contributed by atoms with Gasteiger partial charge in [-0.1, -0.05) is 32.4 Å². The largest absolute Gasteiger partial charge is 0.508 e. The van der Waals surface area contributed by atoms with Crippen molar-refractivity contribution in [3.05, 3.63) is 29.8 Å². The molecule has 7 N–H and O–H groups in total. The average Bonchev–Trinajstić information content (AvgIpc) is 2.83. The number of aliphatic carboxylic acids is 1. The number of carbonyl (C=O) groups is 4. The van der Waals surface area contributed by atoms with Crippen LogP contribution in [0.15, 0.2) is 24.3 Å². The predicted molar refractivity (Wildman–Crippen MR) is 140 cm³/mol. The molecule has 12 heteroatoms. The van der Waals surface area contributed by atoms with E-state index in [9.17, 15) is 29.4 Å². The summed E-state index contributed by atoms with van der Waals surface area (Å²) in [5, 5.41) is 26.7. The summed E-state index contributed by atoms with van der Waals surface area (Å²) < 4.78 is 0. The minimum absolute atomic E-state index is 0.0329. The molecule has 0 heterocycles. The number of phenols is 1. The van der Waals surface area contributed by atoms with Crippen LogP contribution in [0.3, 0.4) is 0 Å². The number of carbonyl (C=O) groups excluding carboxylic acids is 3. The van der Waals surface area contributed by atoms with E-state index < -0.39 is 47.9 Å². The predicted octanol–water partition coefficient (Wildman–Crippen LogP) is 0.530. The molecule has 0 radical (unpaired) electrons. The Morgan fingerprint density at radius 1 is 1.03 bits per heavy atom. The first-order valence-electron chi connectivity index (χ1n) is 11.3. The van der Waals surface area contributed by atoms with Gasteiger partial charge in [0.05, 0.1) is 6.04 Å². The fraction of sp³-hybridized carbons (Fsp3) is 0.565. The number of benzene rings is 1. The Hall–Kier alpha value is -2.44. The molecule has 0 aliphatic carbocycles. The topological polar surface area (TPSA) is 171 Å². The van der Waals surface area contributed by atoms with Crippen LogP contribution in [0.2, 0.25) is 0 Å². The average molecular weight is 529 g/mol. The fourth-order valence-electron chi connectivity index (χ4n) is 3.14. The highest BCUT2D eigenvalue weighted by atomic mass is 32.2. The number of nitrogens with two attached hydrogens (primary N) is 1. The smallest absolute Gasteiger partial charge is 0.326 e. The molecule has 3 amide bonds. The van der Waals surface area contributed by atoms with Gasteiger partial charge in [0.15, 0.2) is 0 Å². The molecule has 0 saturated carbocycles. The molecule has 0 bridgehead atoms. The zero-order chi connectivity index (χ0) is 26.5. The molecule has 10 nitrogen and oxygen atoms in total. The third-order valence-electron chi connectivity index (χ3n) is 5.57. The van der Waals surface area contributed by atoms with Crippen molar-refractivity contribution in [3.8, 4) is 5.75 Å². The summed E-state index contributed by atoms with van der Waals surface area (Å²) >= 11 is 5.69. The standard InChI is InChI=1S/C23H36N4O6S2/c1-4-13(2)19(23(32)33)27-21(30)17(11-14-5-7-15(28)8-6-14)25-22(31)18(12-34)26-20(29)16(24)9-10-35-3/h5-8,13,16-19,28,34H,4,9-12,24H2,1-3H3,(H,25,31)(H,26,29)(H,27,30)(H,32,33). The van der Waals surface area contributed by atoms with Crippen LogP contribution in [0.1, 0.15) is 32.3 Å². The molecule has 196 valence electrons. The molecular formula is C23H36N4O6S2. The molecule has 35 heavy (non-hydrogen) atoms. The van der Waals surface area contributed by atoms with Gasteiger partial charge in [0.1, 0.15) is 23.9 Å². The normalized spacial score (nSPS) is 15.2. The number of aromatic hydroxyl groups is 1. The second kappa shape index (κ2) is 15.5. The number of hydrogen-bond acceptors (Lipinski definition) is 8. The molecule has 0 aliphatic rings. The van der Waals surface area contributed by atoms with Crippen LogP contribution in [0.25, 0.3) is 0 Å². The number of thiol groups is 1. The van der Waals surface area contributed by atoms with Crippen LogP contribution < -0.4 is 21.7 Å². The quantitative estimate of drug-likeness (QED) is 0.162. The van der Waals surface area contributed by atoms with Crippen molar-refractivity contribution in [2.45, 2.75) is 57.3 Å². The lowest BCUT2D eigenvalue weighted by atomic mass is 9.98. The van der Waals surface area contributed by atoms with E-state index in [2.05, 4.69) is 28.6 Å². The number of nitrogens with one attached hydrogen (secondary N) is 3. The number of rotatable bonds is 15. The summed E-state index contributed by atoms with van der Waals surface area (Å²) in [7, 11) is 0. The second-order valence-electron chi connectivity index (χ2n) is 8.27. The van der Waals surface area contributed by atoms with Gasteiger partial charge in [0.2, 0.25) is 17.7 Å². The maximum atomic E-state index is 13.1. The lowest BCUT2D eigenvalue weighted by Crippen LogP contribution is -2.58. The summed E-state index contributed by atoms with van der Waals surface area (Å²) in [6, 6.07) is 1.95. The minimum atomic E-state index is -1.18. The first-order valence-corrected chi connectivity index (χ1v) is 13.3. The Morgan fingerprint density at radius 3 is 2.11 bits per heavy atom. The molecule has 0 aliphatic heterocycles. The van der Waals surface area contributed by atoms with Crippen LogP contribution in [-0.4, -0.2) is 75.8 Å². The molecule has 1 aromatic rings. The molecule has 5 unspecified atom stereocenters. The van der Waals surface area contributed by atoms with Crippen LogP contribution in [0.4, 0.5) is 0 Å². The van der Waals surface area contributed by atoms with Gasteiger partial charge in [-0.15, -0.1) is 0 Å². The van der Waals surface area contributed by atoms with Gasteiger partial charge in [-0.2, -0.15) is 24.4 Å². The number of thioether (sulfide) groups is 1. The highest BCUT2D eigenvalue weighted by Gasteiger charge is 2.31. The molecule has 0 fully saturated rings. The number of phenolic OH excluding ortho intramolecular Hbond substituents is 1. The SMILES string of the molecule is CCC(C)C(NC(=O)C(Cc1ccc(O)cc1)NC(=O)C(CS)NC(=O)C(N)CCSC)C(=O)O. The zero-order valence-electron chi connectivity index (χ0n) is 20.2. The van der Waals surface area contributed by atoms with Crippen molar-refractivity contribution in [3.63, 3.8) is 0 Å². The Balaban J connectivity index is 3.05. The first-order chi connectivity index (χ1) is 16.5. The van der Waals surface area contributed by atoms with E-state index in [1.807, 2.05) is 13.2 Å². The van der Waals surface area contributed by atoms with Gasteiger partial charge < -0.3 is 31.9 Å². The first kappa shape index (κ1) is 30.6. The number of carboxylic acid groups (broad SMARTS) is 1.